The molecule has 0 aliphatic rings. The minimum absolute atomic E-state index is 0.00382. The molecule has 1 aromatic heterocycles. The Kier molecular flexibility index (Phi) is 5.87. The third-order valence-corrected chi connectivity index (χ3v) is 6.60. The van der Waals surface area contributed by atoms with Gasteiger partial charge < -0.3 is 14.0 Å². The molecular weight excluding hydrogens is 385 g/mol. The van der Waals surface area contributed by atoms with E-state index in [4.69, 9.17) is 20.6 Å². The van der Waals surface area contributed by atoms with E-state index in [0.717, 1.165) is 16.7 Å². The maximum atomic E-state index is 13.0. The van der Waals surface area contributed by atoms with E-state index in [2.05, 4.69) is 4.98 Å². The molecule has 0 bridgehead atoms. The summed E-state index contributed by atoms with van der Waals surface area (Å²) in [6.45, 7) is 5.77. The summed E-state index contributed by atoms with van der Waals surface area (Å²) < 4.78 is 23.7. The van der Waals surface area contributed by atoms with Gasteiger partial charge in [0.1, 0.15) is 5.30 Å². The highest BCUT2D eigenvalue weighted by Gasteiger charge is 2.30. The minimum atomic E-state index is -3.70. The fraction of sp³-hybridized carbons (Fsp3) is 0.250. The van der Waals surface area contributed by atoms with Crippen LogP contribution in [-0.4, -0.2) is 18.2 Å². The third kappa shape index (κ3) is 4.02. The number of fused-ring (bicyclic) bond motifs is 1. The normalized spacial score (nSPS) is 11.9. The molecule has 3 rings (SSSR count). The number of hydrogen-bond acceptors (Lipinski definition) is 4. The van der Waals surface area contributed by atoms with E-state index in [-0.39, 0.29) is 18.5 Å². The second-order valence-electron chi connectivity index (χ2n) is 6.10. The molecule has 142 valence electrons. The van der Waals surface area contributed by atoms with Crippen LogP contribution in [-0.2, 0) is 13.6 Å². The summed E-state index contributed by atoms with van der Waals surface area (Å²) in [5.74, 6) is 0. The summed E-state index contributed by atoms with van der Waals surface area (Å²) in [4.78, 5) is 15.2. The fourth-order valence-corrected chi connectivity index (χ4v) is 4.80. The van der Waals surface area contributed by atoms with Crippen LogP contribution in [0.5, 0.6) is 0 Å². The zero-order valence-corrected chi connectivity index (χ0v) is 17.1. The number of aromatic nitrogens is 1. The third-order valence-electron chi connectivity index (χ3n) is 4.17. The first-order chi connectivity index (χ1) is 12.9. The maximum absolute atomic E-state index is 13.0. The number of aromatic amines is 1. The number of nitrogens with one attached hydrogen (secondary N) is 1. The van der Waals surface area contributed by atoms with E-state index in [0.29, 0.717) is 15.9 Å². The number of aryl methyl sites for hydroxylation is 1. The van der Waals surface area contributed by atoms with Crippen LogP contribution in [0.4, 0.5) is 0 Å². The molecule has 1 N–H and O–H groups in total. The first-order valence-corrected chi connectivity index (χ1v) is 10.6. The highest BCUT2D eigenvalue weighted by molar-refractivity contribution is 7.62. The van der Waals surface area contributed by atoms with E-state index in [9.17, 15) is 9.36 Å². The Morgan fingerprint density at radius 1 is 1.04 bits per heavy atom. The van der Waals surface area contributed by atoms with Crippen LogP contribution in [0.15, 0.2) is 47.3 Å². The van der Waals surface area contributed by atoms with Gasteiger partial charge in [0, 0.05) is 11.1 Å². The van der Waals surface area contributed by atoms with Crippen LogP contribution in [0.2, 0.25) is 5.02 Å². The summed E-state index contributed by atoms with van der Waals surface area (Å²) in [6, 6.07) is 13.1. The lowest BCUT2D eigenvalue weighted by atomic mass is 10.0. The number of halogens is 1. The Bertz CT molecular complexity index is 1070. The van der Waals surface area contributed by atoms with Crippen LogP contribution in [0.1, 0.15) is 19.4 Å². The lowest BCUT2D eigenvalue weighted by Gasteiger charge is -2.17. The van der Waals surface area contributed by atoms with Crippen molar-refractivity contribution >= 4 is 35.4 Å². The molecule has 0 atom stereocenters. The minimum Gasteiger partial charge on any atom is -0.321 e. The van der Waals surface area contributed by atoms with Gasteiger partial charge in [-0.25, -0.2) is 0 Å². The average molecular weight is 406 g/mol. The quantitative estimate of drug-likeness (QED) is 0.583. The van der Waals surface area contributed by atoms with Gasteiger partial charge >= 0.3 is 7.60 Å². The maximum Gasteiger partial charge on any atom is 0.366 e. The first-order valence-electron chi connectivity index (χ1n) is 8.71. The topological polar surface area (TPSA) is 68.4 Å². The molecule has 7 heteroatoms. The van der Waals surface area contributed by atoms with Gasteiger partial charge in [-0.05, 0) is 49.9 Å². The molecule has 27 heavy (non-hydrogen) atoms. The number of H-pyrrole nitrogens is 1. The van der Waals surface area contributed by atoms with E-state index < -0.39 is 13.2 Å². The lowest BCUT2D eigenvalue weighted by Crippen LogP contribution is -2.29. The van der Waals surface area contributed by atoms with Gasteiger partial charge in [0.2, 0.25) is 0 Å². The van der Waals surface area contributed by atoms with Crippen molar-refractivity contribution in [2.45, 2.75) is 20.8 Å². The Morgan fingerprint density at radius 3 is 2.26 bits per heavy atom. The average Bonchev–Trinajstić information content (AvgIpc) is 2.62. The first kappa shape index (κ1) is 19.8. The Labute approximate surface area is 162 Å². The van der Waals surface area contributed by atoms with E-state index in [1.807, 2.05) is 37.3 Å². The van der Waals surface area contributed by atoms with E-state index >= 15 is 0 Å². The molecule has 0 fully saturated rings. The van der Waals surface area contributed by atoms with Gasteiger partial charge in [-0.15, -0.1) is 0 Å². The van der Waals surface area contributed by atoms with Gasteiger partial charge in [-0.1, -0.05) is 41.4 Å². The molecule has 0 radical (unpaired) electrons. The number of pyridine rings is 1. The summed E-state index contributed by atoms with van der Waals surface area (Å²) >= 11 is 6.43. The molecule has 0 unspecified atom stereocenters. The van der Waals surface area contributed by atoms with E-state index in [1.165, 1.54) is 0 Å². The highest BCUT2D eigenvalue weighted by Crippen LogP contribution is 2.46. The molecule has 0 aliphatic heterocycles. The standard InChI is InChI=1S/C20H21ClNO4P/c1-4-25-27(24,26-5-2)19-11-15-10-16(14-8-6-13(3)7-9-14)17(21)12-18(15)22-20(19)23/h6-12H,4-5H2,1-3H3,(H,22,23). The monoisotopic (exact) mass is 405 g/mol. The second-order valence-corrected chi connectivity index (χ2v) is 8.50. The molecule has 0 saturated carbocycles. The number of hydrogen-bond donors (Lipinski definition) is 1. The Morgan fingerprint density at radius 2 is 1.67 bits per heavy atom. The molecule has 0 saturated heterocycles. The van der Waals surface area contributed by atoms with Crippen molar-refractivity contribution in [1.29, 1.82) is 0 Å². The number of benzene rings is 2. The molecular formula is C20H21ClNO4P. The van der Waals surface area contributed by atoms with Crippen molar-refractivity contribution in [3.05, 3.63) is 63.4 Å². The summed E-state index contributed by atoms with van der Waals surface area (Å²) in [6.07, 6.45) is 0. The predicted molar refractivity (Wildman–Crippen MR) is 110 cm³/mol. The van der Waals surface area contributed by atoms with Crippen molar-refractivity contribution in [3.63, 3.8) is 0 Å². The SMILES string of the molecule is CCOP(=O)(OCC)c1cc2cc(-c3ccc(C)cc3)c(Cl)cc2[nH]c1=O. The fourth-order valence-electron chi connectivity index (χ4n) is 2.89. The number of rotatable bonds is 6. The Hall–Kier alpha value is -1.91. The Balaban J connectivity index is 2.20. The van der Waals surface area contributed by atoms with Crippen molar-refractivity contribution in [1.82, 2.24) is 4.98 Å². The summed E-state index contributed by atoms with van der Waals surface area (Å²) in [5, 5.41) is 1.22. The lowest BCUT2D eigenvalue weighted by molar-refractivity contribution is 0.229. The van der Waals surface area contributed by atoms with Crippen molar-refractivity contribution in [2.75, 3.05) is 13.2 Å². The predicted octanol–water partition coefficient (Wildman–Crippen LogP) is 5.05. The second kappa shape index (κ2) is 7.99. The van der Waals surface area contributed by atoms with Gasteiger partial charge in [-0.2, -0.15) is 0 Å². The molecule has 0 spiro atoms. The van der Waals surface area contributed by atoms with Gasteiger partial charge in [-0.3, -0.25) is 9.36 Å². The zero-order chi connectivity index (χ0) is 19.6. The van der Waals surface area contributed by atoms with Crippen LogP contribution >= 0.6 is 19.2 Å². The van der Waals surface area contributed by atoms with Crippen molar-refractivity contribution in [2.24, 2.45) is 0 Å². The van der Waals surface area contributed by atoms with Crippen LogP contribution < -0.4 is 10.9 Å². The van der Waals surface area contributed by atoms with Crippen molar-refractivity contribution in [3.8, 4) is 11.1 Å². The molecule has 1 heterocycles. The van der Waals surface area contributed by atoms with E-state index in [1.54, 1.807) is 26.0 Å². The largest absolute Gasteiger partial charge is 0.366 e. The molecule has 5 nitrogen and oxygen atoms in total. The molecule has 0 aliphatic carbocycles. The van der Waals surface area contributed by atoms with Gasteiger partial charge in [0.15, 0.2) is 0 Å². The zero-order valence-electron chi connectivity index (χ0n) is 15.4. The molecule has 0 amide bonds. The van der Waals surface area contributed by atoms with Crippen LogP contribution in [0, 0.1) is 6.92 Å². The molecule has 2 aromatic carbocycles. The van der Waals surface area contributed by atoms with Crippen LogP contribution in [0.25, 0.3) is 22.0 Å². The van der Waals surface area contributed by atoms with Gasteiger partial charge in [0.05, 0.1) is 18.2 Å². The highest BCUT2D eigenvalue weighted by atomic mass is 35.5. The summed E-state index contributed by atoms with van der Waals surface area (Å²) in [7, 11) is -3.70. The van der Waals surface area contributed by atoms with Crippen LogP contribution in [0.3, 0.4) is 0 Å². The molecule has 3 aromatic rings. The van der Waals surface area contributed by atoms with Crippen molar-refractivity contribution < 1.29 is 13.6 Å². The summed E-state index contributed by atoms with van der Waals surface area (Å²) in [5.41, 5.74) is 2.98. The smallest absolute Gasteiger partial charge is 0.321 e. The van der Waals surface area contributed by atoms with Gasteiger partial charge in [0.25, 0.3) is 5.56 Å².